The van der Waals surface area contributed by atoms with Crippen molar-refractivity contribution in [2.75, 3.05) is 37.5 Å². The van der Waals surface area contributed by atoms with Gasteiger partial charge >= 0.3 is 0 Å². The first kappa shape index (κ1) is 18.3. The number of nitrogens with one attached hydrogen (secondary N) is 2. The highest BCUT2D eigenvalue weighted by atomic mass is 35.5. The topological polar surface area (TPSA) is 92.3 Å². The fraction of sp³-hybridized carbons (Fsp3) is 0.412. The van der Waals surface area contributed by atoms with E-state index in [1.54, 1.807) is 27.3 Å². The Hall–Kier alpha value is -2.45. The van der Waals surface area contributed by atoms with Crippen LogP contribution >= 0.6 is 11.6 Å². The molecule has 2 atom stereocenters. The van der Waals surface area contributed by atoms with Gasteiger partial charge in [0.1, 0.15) is 5.82 Å². The third kappa shape index (κ3) is 3.71. The third-order valence-electron chi connectivity index (χ3n) is 4.47. The SMILES string of the molecule is CNc1nccc(N2C[C@H](OC)[C@H](NC(=O)c3cncc(Cl)c3C)C2)n1. The summed E-state index contributed by atoms with van der Waals surface area (Å²) in [5.41, 5.74) is 1.17. The Balaban J connectivity index is 1.75. The molecule has 1 aliphatic heterocycles. The minimum Gasteiger partial charge on any atom is -0.377 e. The summed E-state index contributed by atoms with van der Waals surface area (Å²) in [6.07, 6.45) is 4.59. The minimum absolute atomic E-state index is 0.153. The summed E-state index contributed by atoms with van der Waals surface area (Å²) in [5.74, 6) is 1.11. The lowest BCUT2D eigenvalue weighted by Crippen LogP contribution is -2.43. The van der Waals surface area contributed by atoms with Gasteiger partial charge in [-0.1, -0.05) is 11.6 Å². The molecule has 0 radical (unpaired) electrons. The molecule has 2 aromatic rings. The molecule has 8 nitrogen and oxygen atoms in total. The number of hydrogen-bond acceptors (Lipinski definition) is 7. The maximum atomic E-state index is 12.7. The second kappa shape index (κ2) is 7.84. The van der Waals surface area contributed by atoms with Gasteiger partial charge < -0.3 is 20.3 Å². The van der Waals surface area contributed by atoms with E-state index in [4.69, 9.17) is 16.3 Å². The Kier molecular flexibility index (Phi) is 5.53. The molecule has 0 unspecified atom stereocenters. The number of nitrogens with zero attached hydrogens (tertiary/aromatic N) is 4. The molecule has 9 heteroatoms. The van der Waals surface area contributed by atoms with Crippen LogP contribution < -0.4 is 15.5 Å². The molecular weight excluding hydrogens is 356 g/mol. The molecule has 1 amide bonds. The molecule has 0 spiro atoms. The van der Waals surface area contributed by atoms with Gasteiger partial charge in [-0.3, -0.25) is 9.78 Å². The van der Waals surface area contributed by atoms with E-state index in [9.17, 15) is 4.79 Å². The number of amides is 1. The molecule has 1 fully saturated rings. The fourth-order valence-corrected chi connectivity index (χ4v) is 3.12. The number of carbonyl (C=O) groups excluding carboxylic acids is 1. The average molecular weight is 377 g/mol. The minimum atomic E-state index is -0.218. The Bertz CT molecular complexity index is 803. The lowest BCUT2D eigenvalue weighted by Gasteiger charge is -2.19. The molecule has 0 bridgehead atoms. The first-order chi connectivity index (χ1) is 12.5. The third-order valence-corrected chi connectivity index (χ3v) is 4.85. The molecule has 2 aromatic heterocycles. The predicted molar refractivity (Wildman–Crippen MR) is 99.8 cm³/mol. The van der Waals surface area contributed by atoms with E-state index in [-0.39, 0.29) is 18.1 Å². The van der Waals surface area contributed by atoms with Crippen LogP contribution in [0.3, 0.4) is 0 Å². The van der Waals surface area contributed by atoms with Crippen molar-refractivity contribution in [2.24, 2.45) is 0 Å². The van der Waals surface area contributed by atoms with Crippen molar-refractivity contribution >= 4 is 29.3 Å². The molecular formula is C17H21ClN6O2. The normalized spacial score (nSPS) is 19.5. The summed E-state index contributed by atoms with van der Waals surface area (Å²) in [5, 5.41) is 6.42. The van der Waals surface area contributed by atoms with E-state index in [1.807, 2.05) is 6.07 Å². The molecule has 3 heterocycles. The number of aromatic nitrogens is 3. The van der Waals surface area contributed by atoms with E-state index in [2.05, 4.69) is 30.5 Å². The maximum absolute atomic E-state index is 12.7. The Labute approximate surface area is 156 Å². The number of anilines is 2. The molecule has 1 aliphatic rings. The van der Waals surface area contributed by atoms with Crippen LogP contribution in [0, 0.1) is 6.92 Å². The van der Waals surface area contributed by atoms with Crippen molar-refractivity contribution in [2.45, 2.75) is 19.1 Å². The summed E-state index contributed by atoms with van der Waals surface area (Å²) in [6.45, 7) is 3.00. The monoisotopic (exact) mass is 376 g/mol. The van der Waals surface area contributed by atoms with Crippen molar-refractivity contribution in [1.29, 1.82) is 0 Å². The highest BCUT2D eigenvalue weighted by Crippen LogP contribution is 2.22. The first-order valence-corrected chi connectivity index (χ1v) is 8.60. The second-order valence-corrected chi connectivity index (χ2v) is 6.45. The molecule has 2 N–H and O–H groups in total. The van der Waals surface area contributed by atoms with E-state index in [0.29, 0.717) is 35.2 Å². The van der Waals surface area contributed by atoms with Gasteiger partial charge in [0.25, 0.3) is 5.91 Å². The lowest BCUT2D eigenvalue weighted by atomic mass is 10.1. The van der Waals surface area contributed by atoms with Gasteiger partial charge in [-0.05, 0) is 18.6 Å². The quantitative estimate of drug-likeness (QED) is 0.817. The summed E-state index contributed by atoms with van der Waals surface area (Å²) in [7, 11) is 3.41. The zero-order valence-corrected chi connectivity index (χ0v) is 15.6. The predicted octanol–water partition coefficient (Wildman–Crippen LogP) is 1.51. The van der Waals surface area contributed by atoms with Gasteiger partial charge in [-0.15, -0.1) is 0 Å². The number of ether oxygens (including phenoxy) is 1. The zero-order valence-electron chi connectivity index (χ0n) is 14.9. The average Bonchev–Trinajstić information content (AvgIpc) is 3.06. The first-order valence-electron chi connectivity index (χ1n) is 8.23. The van der Waals surface area contributed by atoms with Crippen LogP contribution in [0.1, 0.15) is 15.9 Å². The fourth-order valence-electron chi connectivity index (χ4n) is 2.96. The molecule has 26 heavy (non-hydrogen) atoms. The van der Waals surface area contributed by atoms with E-state index in [1.165, 1.54) is 12.4 Å². The standard InChI is InChI=1S/C17H21ClN6O2/c1-10-11(6-20-7-12(10)18)16(25)22-13-8-24(9-14(13)26-3)15-4-5-21-17(19-2)23-15/h4-7,13-14H,8-9H2,1-3H3,(H,22,25)(H,19,21,23)/t13-,14+/m1/s1. The van der Waals surface area contributed by atoms with E-state index < -0.39 is 0 Å². The van der Waals surface area contributed by atoms with Crippen LogP contribution in [-0.2, 0) is 4.74 Å². The molecule has 0 aliphatic carbocycles. The number of rotatable bonds is 5. The number of methoxy groups -OCH3 is 1. The molecule has 3 rings (SSSR count). The highest BCUT2D eigenvalue weighted by molar-refractivity contribution is 6.31. The summed E-state index contributed by atoms with van der Waals surface area (Å²) >= 11 is 6.07. The van der Waals surface area contributed by atoms with Crippen LogP contribution in [0.2, 0.25) is 5.02 Å². The van der Waals surface area contributed by atoms with Crippen LogP contribution in [0.5, 0.6) is 0 Å². The van der Waals surface area contributed by atoms with Crippen molar-refractivity contribution in [1.82, 2.24) is 20.3 Å². The van der Waals surface area contributed by atoms with Crippen LogP contribution in [0.25, 0.3) is 0 Å². The van der Waals surface area contributed by atoms with Gasteiger partial charge in [0, 0.05) is 45.8 Å². The lowest BCUT2D eigenvalue weighted by molar-refractivity contribution is 0.0781. The largest absolute Gasteiger partial charge is 0.377 e. The highest BCUT2D eigenvalue weighted by Gasteiger charge is 2.35. The van der Waals surface area contributed by atoms with Crippen molar-refractivity contribution < 1.29 is 9.53 Å². The summed E-state index contributed by atoms with van der Waals surface area (Å²) in [6, 6.07) is 1.65. The van der Waals surface area contributed by atoms with Crippen molar-refractivity contribution in [3.8, 4) is 0 Å². The number of carbonyl (C=O) groups is 1. The van der Waals surface area contributed by atoms with Gasteiger partial charge in [-0.25, -0.2) is 4.98 Å². The van der Waals surface area contributed by atoms with Crippen LogP contribution in [-0.4, -0.2) is 60.3 Å². The van der Waals surface area contributed by atoms with Crippen molar-refractivity contribution in [3.63, 3.8) is 0 Å². The van der Waals surface area contributed by atoms with Gasteiger partial charge in [0.15, 0.2) is 0 Å². The maximum Gasteiger partial charge on any atom is 0.253 e. The molecule has 0 aromatic carbocycles. The van der Waals surface area contributed by atoms with E-state index >= 15 is 0 Å². The van der Waals surface area contributed by atoms with Gasteiger partial charge in [-0.2, -0.15) is 4.98 Å². The van der Waals surface area contributed by atoms with E-state index in [0.717, 1.165) is 5.82 Å². The molecule has 138 valence electrons. The Morgan fingerprint density at radius 3 is 2.92 bits per heavy atom. The van der Waals surface area contributed by atoms with Crippen molar-refractivity contribution in [3.05, 3.63) is 40.8 Å². The number of hydrogen-bond donors (Lipinski definition) is 2. The molecule has 0 saturated carbocycles. The number of pyridine rings is 1. The van der Waals surface area contributed by atoms with Crippen LogP contribution in [0.15, 0.2) is 24.7 Å². The summed E-state index contributed by atoms with van der Waals surface area (Å²) in [4.78, 5) is 27.3. The smallest absolute Gasteiger partial charge is 0.253 e. The summed E-state index contributed by atoms with van der Waals surface area (Å²) < 4.78 is 5.57. The van der Waals surface area contributed by atoms with Crippen LogP contribution in [0.4, 0.5) is 11.8 Å². The second-order valence-electron chi connectivity index (χ2n) is 6.04. The number of halogens is 1. The van der Waals surface area contributed by atoms with Gasteiger partial charge in [0.05, 0.1) is 22.7 Å². The Morgan fingerprint density at radius 1 is 1.38 bits per heavy atom. The molecule has 1 saturated heterocycles. The van der Waals surface area contributed by atoms with Gasteiger partial charge in [0.2, 0.25) is 5.95 Å². The zero-order chi connectivity index (χ0) is 18.7. The Morgan fingerprint density at radius 2 is 2.19 bits per heavy atom.